The van der Waals surface area contributed by atoms with Crippen LogP contribution in [0.5, 0.6) is 0 Å². The highest BCUT2D eigenvalue weighted by atomic mass is 16.2. The highest BCUT2D eigenvalue weighted by Gasteiger charge is 2.27. The van der Waals surface area contributed by atoms with Gasteiger partial charge in [0.25, 0.3) is 0 Å². The third-order valence-electron chi connectivity index (χ3n) is 4.68. The van der Waals surface area contributed by atoms with Crippen molar-refractivity contribution in [3.05, 3.63) is 0 Å². The molecule has 1 saturated heterocycles. The molecule has 0 bridgehead atoms. The van der Waals surface area contributed by atoms with E-state index in [1.54, 1.807) is 4.90 Å². The fraction of sp³-hybridized carbons (Fsp3) is 0.867. The number of nitrogens with one attached hydrogen (secondary N) is 1. The molecule has 20 heavy (non-hydrogen) atoms. The van der Waals surface area contributed by atoms with E-state index in [4.69, 9.17) is 5.73 Å². The van der Waals surface area contributed by atoms with Crippen molar-refractivity contribution in [2.75, 3.05) is 19.6 Å². The van der Waals surface area contributed by atoms with Crippen LogP contribution >= 0.6 is 0 Å². The van der Waals surface area contributed by atoms with Gasteiger partial charge in [-0.1, -0.05) is 32.1 Å². The summed E-state index contributed by atoms with van der Waals surface area (Å²) in [6.45, 7) is 1.93. The predicted molar refractivity (Wildman–Crippen MR) is 78.1 cm³/mol. The van der Waals surface area contributed by atoms with E-state index in [1.807, 2.05) is 0 Å². The highest BCUT2D eigenvalue weighted by Crippen LogP contribution is 2.25. The van der Waals surface area contributed by atoms with E-state index >= 15 is 0 Å². The van der Waals surface area contributed by atoms with Gasteiger partial charge in [-0.2, -0.15) is 0 Å². The first-order valence-electron chi connectivity index (χ1n) is 7.99. The second-order valence-corrected chi connectivity index (χ2v) is 6.21. The average Bonchev–Trinajstić information content (AvgIpc) is 2.48. The van der Waals surface area contributed by atoms with E-state index in [0.717, 1.165) is 31.7 Å². The molecule has 2 fully saturated rings. The minimum atomic E-state index is -0.412. The number of piperidine rings is 1. The summed E-state index contributed by atoms with van der Waals surface area (Å²) in [5.41, 5.74) is 5.28. The number of hydrogen-bond donors (Lipinski definition) is 2. The number of nitrogens with two attached hydrogens (primary N) is 1. The summed E-state index contributed by atoms with van der Waals surface area (Å²) < 4.78 is 0. The lowest BCUT2D eigenvalue weighted by Gasteiger charge is -2.30. The normalized spacial score (nSPS) is 24.4. The molecule has 2 aliphatic rings. The molecule has 1 heterocycles. The van der Waals surface area contributed by atoms with Crippen LogP contribution in [0.15, 0.2) is 0 Å². The summed E-state index contributed by atoms with van der Waals surface area (Å²) in [5, 5.41) is 3.04. The van der Waals surface area contributed by atoms with Crippen LogP contribution in [-0.2, 0) is 4.79 Å². The van der Waals surface area contributed by atoms with Gasteiger partial charge in [-0.15, -0.1) is 0 Å². The molecule has 1 aliphatic heterocycles. The quantitative estimate of drug-likeness (QED) is 0.825. The van der Waals surface area contributed by atoms with Crippen LogP contribution < -0.4 is 11.1 Å². The van der Waals surface area contributed by atoms with Crippen LogP contribution in [0.2, 0.25) is 0 Å². The molecule has 5 nitrogen and oxygen atoms in total. The summed E-state index contributed by atoms with van der Waals surface area (Å²) in [4.78, 5) is 24.9. The number of urea groups is 1. The zero-order chi connectivity index (χ0) is 14.4. The Bertz CT molecular complexity index is 340. The molecule has 114 valence electrons. The number of primary amides is 1. The van der Waals surface area contributed by atoms with E-state index in [2.05, 4.69) is 5.32 Å². The van der Waals surface area contributed by atoms with Gasteiger partial charge in [-0.3, -0.25) is 4.79 Å². The maximum atomic E-state index is 12.1. The third-order valence-corrected chi connectivity index (χ3v) is 4.68. The lowest BCUT2D eigenvalue weighted by Crippen LogP contribution is -2.47. The number of amides is 3. The number of carbonyl (C=O) groups excluding carboxylic acids is 2. The molecule has 2 rings (SSSR count). The van der Waals surface area contributed by atoms with Gasteiger partial charge in [0.05, 0.1) is 5.92 Å². The minimum absolute atomic E-state index is 0.0809. The van der Waals surface area contributed by atoms with Crippen LogP contribution in [0.3, 0.4) is 0 Å². The molecular weight excluding hydrogens is 254 g/mol. The topological polar surface area (TPSA) is 75.4 Å². The smallest absolute Gasteiger partial charge is 0.314 e. The maximum absolute atomic E-state index is 12.1. The standard InChI is InChI=1S/C15H27N3O2/c16-15(20)18-10-4-7-13(11-18)14(19)17-9-8-12-5-2-1-3-6-12/h12-13H,1-11H2,(H2,16,20)(H,17,19). The summed E-state index contributed by atoms with van der Waals surface area (Å²) in [7, 11) is 0. The number of hydrogen-bond acceptors (Lipinski definition) is 2. The molecule has 5 heteroatoms. The Labute approximate surface area is 121 Å². The maximum Gasteiger partial charge on any atom is 0.314 e. The van der Waals surface area contributed by atoms with Crippen molar-refractivity contribution in [3.8, 4) is 0 Å². The summed E-state index contributed by atoms with van der Waals surface area (Å²) in [6.07, 6.45) is 9.50. The Morgan fingerprint density at radius 1 is 1.10 bits per heavy atom. The number of nitrogens with zero attached hydrogens (tertiary/aromatic N) is 1. The Kier molecular flexibility index (Phi) is 5.68. The summed E-state index contributed by atoms with van der Waals surface area (Å²) in [6, 6.07) is -0.412. The highest BCUT2D eigenvalue weighted by molar-refractivity contribution is 5.80. The van der Waals surface area contributed by atoms with Crippen molar-refractivity contribution >= 4 is 11.9 Å². The lowest BCUT2D eigenvalue weighted by atomic mass is 9.87. The van der Waals surface area contributed by atoms with E-state index in [9.17, 15) is 9.59 Å². The fourth-order valence-electron chi connectivity index (χ4n) is 3.41. The van der Waals surface area contributed by atoms with E-state index in [-0.39, 0.29) is 11.8 Å². The van der Waals surface area contributed by atoms with Gasteiger partial charge in [0, 0.05) is 19.6 Å². The Hall–Kier alpha value is -1.26. The second kappa shape index (κ2) is 7.50. The molecule has 0 aromatic carbocycles. The number of carbonyl (C=O) groups is 2. The van der Waals surface area contributed by atoms with E-state index in [0.29, 0.717) is 13.1 Å². The molecule has 0 aromatic rings. The van der Waals surface area contributed by atoms with Gasteiger partial charge in [-0.05, 0) is 25.2 Å². The SMILES string of the molecule is NC(=O)N1CCCC(C(=O)NCCC2CCCCC2)C1. The Balaban J connectivity index is 1.67. The van der Waals surface area contributed by atoms with Crippen molar-refractivity contribution in [2.45, 2.75) is 51.4 Å². The van der Waals surface area contributed by atoms with Crippen LogP contribution in [0, 0.1) is 11.8 Å². The predicted octanol–water partition coefficient (Wildman–Crippen LogP) is 1.86. The van der Waals surface area contributed by atoms with Gasteiger partial charge in [-0.25, -0.2) is 4.79 Å². The van der Waals surface area contributed by atoms with Crippen molar-refractivity contribution in [3.63, 3.8) is 0 Å². The van der Waals surface area contributed by atoms with Crippen molar-refractivity contribution in [2.24, 2.45) is 17.6 Å². The largest absolute Gasteiger partial charge is 0.356 e. The van der Waals surface area contributed by atoms with Crippen molar-refractivity contribution < 1.29 is 9.59 Å². The third kappa shape index (κ3) is 4.39. The average molecular weight is 281 g/mol. The molecule has 3 N–H and O–H groups in total. The number of likely N-dealkylation sites (tertiary alicyclic amines) is 1. The Morgan fingerprint density at radius 3 is 2.55 bits per heavy atom. The van der Waals surface area contributed by atoms with E-state index < -0.39 is 6.03 Å². The van der Waals surface area contributed by atoms with Gasteiger partial charge < -0.3 is 16.0 Å². The second-order valence-electron chi connectivity index (χ2n) is 6.21. The van der Waals surface area contributed by atoms with Crippen LogP contribution in [-0.4, -0.2) is 36.5 Å². The lowest BCUT2D eigenvalue weighted by molar-refractivity contribution is -0.126. The summed E-state index contributed by atoms with van der Waals surface area (Å²) >= 11 is 0. The molecule has 0 spiro atoms. The van der Waals surface area contributed by atoms with Crippen molar-refractivity contribution in [1.82, 2.24) is 10.2 Å². The molecule has 3 amide bonds. The number of rotatable bonds is 4. The van der Waals surface area contributed by atoms with Gasteiger partial charge in [0.2, 0.25) is 5.91 Å². The summed E-state index contributed by atoms with van der Waals surface area (Å²) in [5.74, 6) is 0.798. The van der Waals surface area contributed by atoms with Crippen LogP contribution in [0.25, 0.3) is 0 Å². The van der Waals surface area contributed by atoms with E-state index in [1.165, 1.54) is 32.1 Å². The van der Waals surface area contributed by atoms with Gasteiger partial charge in [0.1, 0.15) is 0 Å². The van der Waals surface area contributed by atoms with Crippen molar-refractivity contribution in [1.29, 1.82) is 0 Å². The first-order valence-corrected chi connectivity index (χ1v) is 7.99. The first-order chi connectivity index (χ1) is 9.66. The minimum Gasteiger partial charge on any atom is -0.356 e. The monoisotopic (exact) mass is 281 g/mol. The molecule has 1 saturated carbocycles. The molecule has 1 unspecified atom stereocenters. The fourth-order valence-corrected chi connectivity index (χ4v) is 3.41. The molecule has 1 aliphatic carbocycles. The molecular formula is C15H27N3O2. The van der Waals surface area contributed by atoms with Gasteiger partial charge >= 0.3 is 6.03 Å². The van der Waals surface area contributed by atoms with Gasteiger partial charge in [0.15, 0.2) is 0 Å². The molecule has 0 radical (unpaired) electrons. The Morgan fingerprint density at radius 2 is 1.85 bits per heavy atom. The van der Waals surface area contributed by atoms with Crippen LogP contribution in [0.4, 0.5) is 4.79 Å². The first kappa shape index (κ1) is 15.1. The zero-order valence-electron chi connectivity index (χ0n) is 12.3. The molecule has 0 aromatic heterocycles. The zero-order valence-corrected chi connectivity index (χ0v) is 12.3. The van der Waals surface area contributed by atoms with Crippen LogP contribution in [0.1, 0.15) is 51.4 Å². The molecule has 1 atom stereocenters.